The Morgan fingerprint density at radius 1 is 1.00 bits per heavy atom. The van der Waals surface area contributed by atoms with Gasteiger partial charge < -0.3 is 14.5 Å². The number of carbonyl (C=O) groups excluding carboxylic acids is 1. The van der Waals surface area contributed by atoms with Gasteiger partial charge in [0.2, 0.25) is 0 Å². The van der Waals surface area contributed by atoms with E-state index in [4.69, 9.17) is 0 Å². The van der Waals surface area contributed by atoms with E-state index in [1.54, 1.807) is 12.1 Å². The number of fused-ring (bicyclic) bond motifs is 3. The highest BCUT2D eigenvalue weighted by atomic mass is 16.4. The summed E-state index contributed by atoms with van der Waals surface area (Å²) in [5.41, 5.74) is 2.51. The normalized spacial score (nSPS) is 11.3. The summed E-state index contributed by atoms with van der Waals surface area (Å²) in [5.74, 6) is -1.12. The molecule has 0 bridgehead atoms. The van der Waals surface area contributed by atoms with Crippen molar-refractivity contribution in [2.45, 2.75) is 39.2 Å². The lowest BCUT2D eigenvalue weighted by Crippen LogP contribution is -2.21. The predicted octanol–water partition coefficient (Wildman–Crippen LogP) is 3.74. The maximum absolute atomic E-state index is 11.1. The zero-order valence-corrected chi connectivity index (χ0v) is 12.8. The number of benzene rings is 2. The van der Waals surface area contributed by atoms with E-state index >= 15 is 0 Å². The molecule has 0 atom stereocenters. The van der Waals surface area contributed by atoms with E-state index in [0.29, 0.717) is 0 Å². The van der Waals surface area contributed by atoms with Crippen LogP contribution in [0.2, 0.25) is 0 Å². The van der Waals surface area contributed by atoms with E-state index in [-0.39, 0.29) is 5.56 Å². The van der Waals surface area contributed by atoms with Crippen molar-refractivity contribution in [1.29, 1.82) is 0 Å². The third kappa shape index (κ3) is 2.59. The van der Waals surface area contributed by atoms with Crippen molar-refractivity contribution in [1.82, 2.24) is 4.57 Å². The Morgan fingerprint density at radius 3 is 2.55 bits per heavy atom. The summed E-state index contributed by atoms with van der Waals surface area (Å²) in [5, 5.41) is 13.2. The number of hydrogen-bond donors (Lipinski definition) is 0. The number of rotatable bonds is 6. The summed E-state index contributed by atoms with van der Waals surface area (Å²) in [6.07, 6.45) is 4.85. The van der Waals surface area contributed by atoms with Crippen molar-refractivity contribution in [3.05, 3.63) is 48.0 Å². The van der Waals surface area contributed by atoms with Gasteiger partial charge in [-0.25, -0.2) is 0 Å². The molecule has 2 aromatic carbocycles. The van der Waals surface area contributed by atoms with Crippen molar-refractivity contribution in [2.24, 2.45) is 0 Å². The third-order valence-corrected chi connectivity index (χ3v) is 4.24. The smallest absolute Gasteiger partial charge is 0.0715 e. The van der Waals surface area contributed by atoms with Gasteiger partial charge in [-0.15, -0.1) is 0 Å². The fourth-order valence-corrected chi connectivity index (χ4v) is 3.12. The molecule has 22 heavy (non-hydrogen) atoms. The Labute approximate surface area is 130 Å². The molecule has 0 aliphatic rings. The number of carbonyl (C=O) groups is 1. The molecule has 114 valence electrons. The van der Waals surface area contributed by atoms with Crippen molar-refractivity contribution in [2.75, 3.05) is 0 Å². The number of hydrogen-bond acceptors (Lipinski definition) is 2. The topological polar surface area (TPSA) is 45.1 Å². The lowest BCUT2D eigenvalue weighted by atomic mass is 10.1. The van der Waals surface area contributed by atoms with Crippen LogP contribution in [0.3, 0.4) is 0 Å². The SMILES string of the molecule is CCCCCCn1c2ccccc2c2cc(C(=O)[O-])ccc21. The van der Waals surface area contributed by atoms with Crippen LogP contribution in [0.5, 0.6) is 0 Å². The molecule has 3 aromatic rings. The quantitative estimate of drug-likeness (QED) is 0.650. The van der Waals surface area contributed by atoms with Crippen molar-refractivity contribution >= 4 is 27.8 Å². The van der Waals surface area contributed by atoms with E-state index in [1.807, 2.05) is 18.2 Å². The summed E-state index contributed by atoms with van der Waals surface area (Å²) < 4.78 is 2.30. The minimum absolute atomic E-state index is 0.237. The van der Waals surface area contributed by atoms with Gasteiger partial charge in [-0.3, -0.25) is 0 Å². The summed E-state index contributed by atoms with van der Waals surface area (Å²) >= 11 is 0. The molecule has 0 aliphatic heterocycles. The van der Waals surface area contributed by atoms with Gasteiger partial charge >= 0.3 is 0 Å². The Bertz CT molecular complexity index is 817. The second-order valence-electron chi connectivity index (χ2n) is 5.75. The number of nitrogens with zero attached hydrogens (tertiary/aromatic N) is 1. The van der Waals surface area contributed by atoms with Crippen LogP contribution in [0.15, 0.2) is 42.5 Å². The first-order valence-electron chi connectivity index (χ1n) is 7.94. The summed E-state index contributed by atoms with van der Waals surface area (Å²) in [4.78, 5) is 11.1. The molecule has 1 aromatic heterocycles. The first kappa shape index (κ1) is 14.6. The highest BCUT2D eigenvalue weighted by Gasteiger charge is 2.10. The van der Waals surface area contributed by atoms with Gasteiger partial charge in [0.25, 0.3) is 0 Å². The molecule has 0 spiro atoms. The van der Waals surface area contributed by atoms with E-state index in [0.717, 1.165) is 29.3 Å². The largest absolute Gasteiger partial charge is 0.545 e. The zero-order chi connectivity index (χ0) is 15.5. The number of aromatic nitrogens is 1. The molecule has 0 saturated heterocycles. The van der Waals surface area contributed by atoms with E-state index < -0.39 is 5.97 Å². The van der Waals surface area contributed by atoms with Crippen LogP contribution >= 0.6 is 0 Å². The van der Waals surface area contributed by atoms with Crippen molar-refractivity contribution in [3.63, 3.8) is 0 Å². The number of carboxylic acids is 1. The van der Waals surface area contributed by atoms with Crippen LogP contribution in [-0.4, -0.2) is 10.5 Å². The molecular weight excluding hydrogens is 274 g/mol. The van der Waals surface area contributed by atoms with Gasteiger partial charge in [-0.05, 0) is 30.2 Å². The fraction of sp³-hybridized carbons (Fsp3) is 0.316. The average Bonchev–Trinajstić information content (AvgIpc) is 2.85. The highest BCUT2D eigenvalue weighted by molar-refractivity contribution is 6.09. The maximum atomic E-state index is 11.1. The minimum atomic E-state index is -1.12. The van der Waals surface area contributed by atoms with E-state index in [2.05, 4.69) is 23.6 Å². The molecule has 1 heterocycles. The summed E-state index contributed by atoms with van der Waals surface area (Å²) in [7, 11) is 0. The molecule has 0 aliphatic carbocycles. The number of aromatic carboxylic acids is 1. The number of carboxylic acid groups (broad SMARTS) is 1. The molecule has 3 rings (SSSR count). The summed E-state index contributed by atoms with van der Waals surface area (Å²) in [6.45, 7) is 3.18. The first-order valence-corrected chi connectivity index (χ1v) is 7.94. The van der Waals surface area contributed by atoms with Crippen LogP contribution in [0.1, 0.15) is 43.0 Å². The Balaban J connectivity index is 2.10. The van der Waals surface area contributed by atoms with Gasteiger partial charge in [0.15, 0.2) is 0 Å². The average molecular weight is 294 g/mol. The highest BCUT2D eigenvalue weighted by Crippen LogP contribution is 2.30. The standard InChI is InChI=1S/C19H21NO2/c1-2-3-4-7-12-20-17-9-6-5-8-15(17)16-13-14(19(21)22)10-11-18(16)20/h5-6,8-11,13H,2-4,7,12H2,1H3,(H,21,22)/p-1. The lowest BCUT2D eigenvalue weighted by Gasteiger charge is -2.08. The Kier molecular flexibility index (Phi) is 4.14. The van der Waals surface area contributed by atoms with Crippen LogP contribution < -0.4 is 5.11 Å². The van der Waals surface area contributed by atoms with Crippen molar-refractivity contribution in [3.8, 4) is 0 Å². The van der Waals surface area contributed by atoms with Crippen molar-refractivity contribution < 1.29 is 9.90 Å². The van der Waals surface area contributed by atoms with Gasteiger partial charge in [0, 0.05) is 28.4 Å². The molecule has 3 nitrogen and oxygen atoms in total. The van der Waals surface area contributed by atoms with Gasteiger partial charge in [0.1, 0.15) is 0 Å². The zero-order valence-electron chi connectivity index (χ0n) is 12.8. The lowest BCUT2D eigenvalue weighted by molar-refractivity contribution is -0.255. The second kappa shape index (κ2) is 6.22. The Morgan fingerprint density at radius 2 is 1.77 bits per heavy atom. The maximum Gasteiger partial charge on any atom is 0.0715 e. The number of aryl methyl sites for hydroxylation is 1. The monoisotopic (exact) mass is 294 g/mol. The van der Waals surface area contributed by atoms with E-state index in [1.165, 1.54) is 24.8 Å². The molecule has 3 heteroatoms. The van der Waals surface area contributed by atoms with Gasteiger partial charge in [-0.1, -0.05) is 50.5 Å². The van der Waals surface area contributed by atoms with Crippen LogP contribution in [-0.2, 0) is 6.54 Å². The predicted molar refractivity (Wildman–Crippen MR) is 87.9 cm³/mol. The number of para-hydroxylation sites is 1. The first-order chi connectivity index (χ1) is 10.7. The second-order valence-corrected chi connectivity index (χ2v) is 5.75. The molecular formula is C19H20NO2-. The van der Waals surface area contributed by atoms with E-state index in [9.17, 15) is 9.90 Å². The molecule has 0 amide bonds. The molecule has 0 radical (unpaired) electrons. The van der Waals surface area contributed by atoms with Crippen LogP contribution in [0.4, 0.5) is 0 Å². The Hall–Kier alpha value is -2.29. The van der Waals surface area contributed by atoms with Gasteiger partial charge in [-0.2, -0.15) is 0 Å². The fourth-order valence-electron chi connectivity index (χ4n) is 3.12. The molecule has 0 N–H and O–H groups in total. The molecule has 0 fully saturated rings. The molecule has 0 unspecified atom stereocenters. The van der Waals surface area contributed by atoms with Crippen LogP contribution in [0, 0.1) is 0 Å². The van der Waals surface area contributed by atoms with Gasteiger partial charge in [0.05, 0.1) is 5.97 Å². The minimum Gasteiger partial charge on any atom is -0.545 e. The number of unbranched alkanes of at least 4 members (excludes halogenated alkanes) is 3. The summed E-state index contributed by atoms with van der Waals surface area (Å²) in [6, 6.07) is 13.5. The molecule has 0 saturated carbocycles. The van der Waals surface area contributed by atoms with Crippen LogP contribution in [0.25, 0.3) is 21.8 Å². The third-order valence-electron chi connectivity index (χ3n) is 4.24.